The molecule has 6 heteroatoms. The molecule has 2 aromatic carbocycles. The van der Waals surface area contributed by atoms with Crippen LogP contribution < -0.4 is 5.32 Å². The van der Waals surface area contributed by atoms with Gasteiger partial charge in [-0.05, 0) is 41.3 Å². The largest absolute Gasteiger partial charge is 0.369 e. The predicted octanol–water partition coefficient (Wildman–Crippen LogP) is 3.32. The van der Waals surface area contributed by atoms with Crippen molar-refractivity contribution in [2.24, 2.45) is 0 Å². The standard InChI is InChI=1S/C21H23FN2O3/c1-14(2)16-4-3-5-18(10-16)23-21(26)19-12-27-13-20(25)24(19)11-15-6-8-17(22)9-7-15/h3-10,14,19H,11-13H2,1-2H3,(H,23,26). The summed E-state index contributed by atoms with van der Waals surface area (Å²) in [7, 11) is 0. The maximum atomic E-state index is 13.1. The summed E-state index contributed by atoms with van der Waals surface area (Å²) in [6, 6.07) is 12.8. The minimum Gasteiger partial charge on any atom is -0.369 e. The van der Waals surface area contributed by atoms with Crippen LogP contribution in [-0.2, 0) is 20.9 Å². The van der Waals surface area contributed by atoms with Crippen molar-refractivity contribution in [2.75, 3.05) is 18.5 Å². The summed E-state index contributed by atoms with van der Waals surface area (Å²) in [6.45, 7) is 4.46. The molecule has 2 amide bonds. The molecular formula is C21H23FN2O3. The summed E-state index contributed by atoms with van der Waals surface area (Å²) >= 11 is 0. The van der Waals surface area contributed by atoms with Gasteiger partial charge in [-0.1, -0.05) is 38.1 Å². The molecule has 0 aromatic heterocycles. The van der Waals surface area contributed by atoms with E-state index in [9.17, 15) is 14.0 Å². The van der Waals surface area contributed by atoms with Crippen LogP contribution in [0.3, 0.4) is 0 Å². The molecule has 0 spiro atoms. The fraction of sp³-hybridized carbons (Fsp3) is 0.333. The Kier molecular flexibility index (Phi) is 5.86. The van der Waals surface area contributed by atoms with E-state index in [1.165, 1.54) is 17.0 Å². The summed E-state index contributed by atoms with van der Waals surface area (Å²) in [6.07, 6.45) is 0. The number of nitrogens with zero attached hydrogens (tertiary/aromatic N) is 1. The molecular weight excluding hydrogens is 347 g/mol. The van der Waals surface area contributed by atoms with Crippen molar-refractivity contribution in [2.45, 2.75) is 32.4 Å². The van der Waals surface area contributed by atoms with Gasteiger partial charge in [0, 0.05) is 12.2 Å². The maximum absolute atomic E-state index is 13.1. The van der Waals surface area contributed by atoms with E-state index in [0.717, 1.165) is 11.1 Å². The Morgan fingerprint density at radius 1 is 1.26 bits per heavy atom. The van der Waals surface area contributed by atoms with E-state index < -0.39 is 6.04 Å². The van der Waals surface area contributed by atoms with Crippen molar-refractivity contribution in [1.29, 1.82) is 0 Å². The number of carbonyl (C=O) groups is 2. The highest BCUT2D eigenvalue weighted by Gasteiger charge is 2.34. The van der Waals surface area contributed by atoms with Crippen LogP contribution in [-0.4, -0.2) is 36.0 Å². The van der Waals surface area contributed by atoms with Crippen LogP contribution in [0.2, 0.25) is 0 Å². The highest BCUT2D eigenvalue weighted by Crippen LogP contribution is 2.20. The van der Waals surface area contributed by atoms with Gasteiger partial charge in [-0.3, -0.25) is 9.59 Å². The van der Waals surface area contributed by atoms with Crippen LogP contribution >= 0.6 is 0 Å². The van der Waals surface area contributed by atoms with Crippen LogP contribution in [0.4, 0.5) is 10.1 Å². The van der Waals surface area contributed by atoms with Crippen molar-refractivity contribution >= 4 is 17.5 Å². The molecule has 1 aliphatic rings. The zero-order valence-electron chi connectivity index (χ0n) is 15.4. The molecule has 1 N–H and O–H groups in total. The first kappa shape index (κ1) is 19.0. The number of rotatable bonds is 5. The first-order valence-corrected chi connectivity index (χ1v) is 8.96. The second-order valence-corrected chi connectivity index (χ2v) is 6.95. The molecule has 1 aliphatic heterocycles. The number of ether oxygens (including phenoxy) is 1. The molecule has 1 heterocycles. The number of benzene rings is 2. The number of morpholine rings is 1. The number of amides is 2. The van der Waals surface area contributed by atoms with E-state index in [4.69, 9.17) is 4.74 Å². The Labute approximate surface area is 158 Å². The topological polar surface area (TPSA) is 58.6 Å². The van der Waals surface area contributed by atoms with Gasteiger partial charge in [0.2, 0.25) is 11.8 Å². The number of hydrogen-bond acceptors (Lipinski definition) is 3. The number of carbonyl (C=O) groups excluding carboxylic acids is 2. The van der Waals surface area contributed by atoms with Crippen LogP contribution in [0.15, 0.2) is 48.5 Å². The van der Waals surface area contributed by atoms with E-state index in [1.54, 1.807) is 12.1 Å². The molecule has 0 radical (unpaired) electrons. The third kappa shape index (κ3) is 4.71. The van der Waals surface area contributed by atoms with Gasteiger partial charge in [0.15, 0.2) is 0 Å². The van der Waals surface area contributed by atoms with Gasteiger partial charge in [0.05, 0.1) is 6.61 Å². The normalized spacial score (nSPS) is 17.3. The second-order valence-electron chi connectivity index (χ2n) is 6.95. The molecule has 1 unspecified atom stereocenters. The highest BCUT2D eigenvalue weighted by atomic mass is 19.1. The third-order valence-corrected chi connectivity index (χ3v) is 4.59. The van der Waals surface area contributed by atoms with Gasteiger partial charge in [-0.25, -0.2) is 4.39 Å². The number of halogens is 1. The van der Waals surface area contributed by atoms with E-state index in [-0.39, 0.29) is 37.4 Å². The average Bonchev–Trinajstić information content (AvgIpc) is 2.65. The second kappa shape index (κ2) is 8.31. The fourth-order valence-electron chi connectivity index (χ4n) is 3.01. The van der Waals surface area contributed by atoms with Crippen molar-refractivity contribution in [1.82, 2.24) is 4.90 Å². The molecule has 1 fully saturated rings. The molecule has 142 valence electrons. The molecule has 0 bridgehead atoms. The molecule has 1 saturated heterocycles. The minimum atomic E-state index is -0.737. The van der Waals surface area contributed by atoms with Gasteiger partial charge in [0.25, 0.3) is 0 Å². The Morgan fingerprint density at radius 2 is 2.00 bits per heavy atom. The average molecular weight is 370 g/mol. The van der Waals surface area contributed by atoms with Gasteiger partial charge in [0.1, 0.15) is 18.5 Å². The first-order chi connectivity index (χ1) is 12.9. The Morgan fingerprint density at radius 3 is 2.70 bits per heavy atom. The van der Waals surface area contributed by atoms with Gasteiger partial charge < -0.3 is 15.0 Å². The maximum Gasteiger partial charge on any atom is 0.249 e. The lowest BCUT2D eigenvalue weighted by molar-refractivity contribution is -0.154. The number of anilines is 1. The lowest BCUT2D eigenvalue weighted by Gasteiger charge is -2.34. The zero-order valence-corrected chi connectivity index (χ0v) is 15.4. The Bertz CT molecular complexity index is 820. The lowest BCUT2D eigenvalue weighted by atomic mass is 10.0. The molecule has 27 heavy (non-hydrogen) atoms. The smallest absolute Gasteiger partial charge is 0.249 e. The van der Waals surface area contributed by atoms with E-state index in [1.807, 2.05) is 24.3 Å². The SMILES string of the molecule is CC(C)c1cccc(NC(=O)C2COCC(=O)N2Cc2ccc(F)cc2)c1. The van der Waals surface area contributed by atoms with Crippen molar-refractivity contribution in [3.8, 4) is 0 Å². The molecule has 3 rings (SSSR count). The molecule has 0 aliphatic carbocycles. The van der Waals surface area contributed by atoms with Gasteiger partial charge >= 0.3 is 0 Å². The van der Waals surface area contributed by atoms with Crippen molar-refractivity contribution in [3.05, 3.63) is 65.5 Å². The van der Waals surface area contributed by atoms with Crippen molar-refractivity contribution < 1.29 is 18.7 Å². The number of hydrogen-bond donors (Lipinski definition) is 1. The first-order valence-electron chi connectivity index (χ1n) is 8.96. The fourth-order valence-corrected chi connectivity index (χ4v) is 3.01. The molecule has 1 atom stereocenters. The minimum absolute atomic E-state index is 0.0617. The zero-order chi connectivity index (χ0) is 19.4. The van der Waals surface area contributed by atoms with Gasteiger partial charge in [-0.15, -0.1) is 0 Å². The summed E-state index contributed by atoms with van der Waals surface area (Å²) in [5.74, 6) is -0.560. The number of nitrogens with one attached hydrogen (secondary N) is 1. The lowest BCUT2D eigenvalue weighted by Crippen LogP contribution is -2.54. The Balaban J connectivity index is 1.75. The van der Waals surface area contributed by atoms with Gasteiger partial charge in [-0.2, -0.15) is 0 Å². The van der Waals surface area contributed by atoms with E-state index in [2.05, 4.69) is 19.2 Å². The van der Waals surface area contributed by atoms with Crippen LogP contribution in [0, 0.1) is 5.82 Å². The van der Waals surface area contributed by atoms with Crippen molar-refractivity contribution in [3.63, 3.8) is 0 Å². The van der Waals surface area contributed by atoms with E-state index in [0.29, 0.717) is 11.6 Å². The van der Waals surface area contributed by atoms with Crippen LogP contribution in [0.5, 0.6) is 0 Å². The van der Waals surface area contributed by atoms with E-state index >= 15 is 0 Å². The highest BCUT2D eigenvalue weighted by molar-refractivity contribution is 5.98. The quantitative estimate of drug-likeness (QED) is 0.878. The summed E-state index contributed by atoms with van der Waals surface area (Å²) in [4.78, 5) is 26.6. The molecule has 2 aromatic rings. The van der Waals surface area contributed by atoms with Crippen LogP contribution in [0.1, 0.15) is 30.9 Å². The van der Waals surface area contributed by atoms with Crippen LogP contribution in [0.25, 0.3) is 0 Å². The predicted molar refractivity (Wildman–Crippen MR) is 101 cm³/mol. The third-order valence-electron chi connectivity index (χ3n) is 4.59. The summed E-state index contributed by atoms with van der Waals surface area (Å²) in [5, 5.41) is 2.88. The molecule has 0 saturated carbocycles. The summed E-state index contributed by atoms with van der Waals surface area (Å²) in [5.41, 5.74) is 2.56. The monoisotopic (exact) mass is 370 g/mol. The Hall–Kier alpha value is -2.73. The summed E-state index contributed by atoms with van der Waals surface area (Å²) < 4.78 is 18.4. The molecule has 5 nitrogen and oxygen atoms in total.